The van der Waals surface area contributed by atoms with Crippen LogP contribution in [-0.4, -0.2) is 22.2 Å². The van der Waals surface area contributed by atoms with Crippen LogP contribution in [0.5, 0.6) is 0 Å². The molecule has 0 aromatic carbocycles. The van der Waals surface area contributed by atoms with Crippen LogP contribution < -0.4 is 11.1 Å². The summed E-state index contributed by atoms with van der Waals surface area (Å²) in [6.45, 7) is 3.17. The Morgan fingerprint density at radius 1 is 1.59 bits per heavy atom. The van der Waals surface area contributed by atoms with Gasteiger partial charge in [0.1, 0.15) is 5.82 Å². The Labute approximate surface area is 101 Å². The van der Waals surface area contributed by atoms with E-state index in [-0.39, 0.29) is 11.3 Å². The average molecular weight is 236 g/mol. The predicted octanol–water partition coefficient (Wildman–Crippen LogP) is 1.36. The Bertz CT molecular complexity index is 393. The first-order valence-corrected chi connectivity index (χ1v) is 6.25. The van der Waals surface area contributed by atoms with Gasteiger partial charge in [0.25, 0.3) is 0 Å². The Kier molecular flexibility index (Phi) is 3.47. The molecule has 5 heteroatoms. The molecule has 1 aliphatic carbocycles. The van der Waals surface area contributed by atoms with E-state index >= 15 is 0 Å². The minimum Gasteiger partial charge on any atom is -0.329 e. The number of carbonyl (C=O) groups is 1. The fraction of sp³-hybridized carbons (Fsp3) is 0.667. The van der Waals surface area contributed by atoms with E-state index in [0.717, 1.165) is 38.0 Å². The Balaban J connectivity index is 2.10. The van der Waals surface area contributed by atoms with Crippen molar-refractivity contribution in [3.63, 3.8) is 0 Å². The first-order chi connectivity index (χ1) is 8.22. The summed E-state index contributed by atoms with van der Waals surface area (Å²) in [4.78, 5) is 12.3. The van der Waals surface area contributed by atoms with Crippen LogP contribution in [0, 0.1) is 5.41 Å². The molecule has 1 fully saturated rings. The maximum atomic E-state index is 12.3. The van der Waals surface area contributed by atoms with Gasteiger partial charge >= 0.3 is 0 Å². The van der Waals surface area contributed by atoms with E-state index in [1.54, 1.807) is 10.9 Å². The van der Waals surface area contributed by atoms with Gasteiger partial charge in [0.05, 0.1) is 11.6 Å². The molecule has 5 nitrogen and oxygen atoms in total. The molecule has 0 bridgehead atoms. The zero-order valence-corrected chi connectivity index (χ0v) is 10.3. The Morgan fingerprint density at radius 2 is 2.29 bits per heavy atom. The molecule has 0 spiro atoms. The van der Waals surface area contributed by atoms with Crippen molar-refractivity contribution in [2.24, 2.45) is 11.1 Å². The third-order valence-corrected chi connectivity index (χ3v) is 3.69. The van der Waals surface area contributed by atoms with E-state index in [0.29, 0.717) is 6.54 Å². The summed E-state index contributed by atoms with van der Waals surface area (Å²) in [6.07, 6.45) is 5.68. The molecule has 1 amide bonds. The van der Waals surface area contributed by atoms with Crippen molar-refractivity contribution in [2.75, 3.05) is 11.9 Å². The smallest absolute Gasteiger partial charge is 0.233 e. The van der Waals surface area contributed by atoms with Crippen LogP contribution in [0.15, 0.2) is 12.3 Å². The second-order valence-corrected chi connectivity index (χ2v) is 4.68. The third-order valence-electron chi connectivity index (χ3n) is 3.69. The average Bonchev–Trinajstić information content (AvgIpc) is 2.97. The summed E-state index contributed by atoms with van der Waals surface area (Å²) in [5, 5.41) is 7.09. The summed E-state index contributed by atoms with van der Waals surface area (Å²) >= 11 is 0. The number of anilines is 1. The first-order valence-electron chi connectivity index (χ1n) is 6.25. The van der Waals surface area contributed by atoms with Crippen molar-refractivity contribution in [1.82, 2.24) is 9.78 Å². The molecule has 0 saturated heterocycles. The highest BCUT2D eigenvalue weighted by molar-refractivity contribution is 5.95. The molecule has 94 valence electrons. The first kappa shape index (κ1) is 12.1. The minimum atomic E-state index is -0.358. The molecule has 2 rings (SSSR count). The molecule has 0 aliphatic heterocycles. The SMILES string of the molecule is CCn1nccc1NC(=O)C1(CN)CCCC1. The van der Waals surface area contributed by atoms with E-state index in [2.05, 4.69) is 10.4 Å². The van der Waals surface area contributed by atoms with Crippen molar-refractivity contribution in [3.8, 4) is 0 Å². The molecule has 0 radical (unpaired) electrons. The summed E-state index contributed by atoms with van der Waals surface area (Å²) in [7, 11) is 0. The van der Waals surface area contributed by atoms with Gasteiger partial charge in [-0.3, -0.25) is 4.79 Å². The van der Waals surface area contributed by atoms with Crippen molar-refractivity contribution in [3.05, 3.63) is 12.3 Å². The highest BCUT2D eigenvalue weighted by Gasteiger charge is 2.40. The van der Waals surface area contributed by atoms with Crippen LogP contribution in [0.1, 0.15) is 32.6 Å². The molecule has 1 aromatic rings. The number of nitrogens with two attached hydrogens (primary N) is 1. The van der Waals surface area contributed by atoms with E-state index in [9.17, 15) is 4.79 Å². The molecule has 0 unspecified atom stereocenters. The predicted molar refractivity (Wildman–Crippen MR) is 66.5 cm³/mol. The number of amides is 1. The molecule has 1 aliphatic rings. The molecule has 0 atom stereocenters. The van der Waals surface area contributed by atoms with Crippen molar-refractivity contribution in [1.29, 1.82) is 0 Å². The molecule has 3 N–H and O–H groups in total. The second-order valence-electron chi connectivity index (χ2n) is 4.68. The molecule has 1 saturated carbocycles. The highest BCUT2D eigenvalue weighted by Crippen LogP contribution is 2.38. The van der Waals surface area contributed by atoms with Crippen LogP contribution in [0.3, 0.4) is 0 Å². The van der Waals surface area contributed by atoms with Gasteiger partial charge in [0, 0.05) is 19.2 Å². The summed E-state index contributed by atoms with van der Waals surface area (Å²) in [5.74, 6) is 0.810. The topological polar surface area (TPSA) is 72.9 Å². The lowest BCUT2D eigenvalue weighted by Gasteiger charge is -2.25. The standard InChI is InChI=1S/C12H20N4O/c1-2-16-10(5-8-14-16)15-11(17)12(9-13)6-3-4-7-12/h5,8H,2-4,6-7,9,13H2,1H3,(H,15,17). The van der Waals surface area contributed by atoms with E-state index in [4.69, 9.17) is 5.73 Å². The van der Waals surface area contributed by atoms with Gasteiger partial charge in [0.15, 0.2) is 0 Å². The quantitative estimate of drug-likeness (QED) is 0.829. The van der Waals surface area contributed by atoms with Crippen LogP contribution in [0.2, 0.25) is 0 Å². The lowest BCUT2D eigenvalue weighted by atomic mass is 9.85. The van der Waals surface area contributed by atoms with E-state index in [1.165, 1.54) is 0 Å². The fourth-order valence-electron chi connectivity index (χ4n) is 2.52. The lowest BCUT2D eigenvalue weighted by Crippen LogP contribution is -2.40. The minimum absolute atomic E-state index is 0.0488. The summed E-state index contributed by atoms with van der Waals surface area (Å²) < 4.78 is 1.77. The third kappa shape index (κ3) is 2.20. The molecule has 1 heterocycles. The number of hydrogen-bond donors (Lipinski definition) is 2. The fourth-order valence-corrected chi connectivity index (χ4v) is 2.52. The number of aromatic nitrogens is 2. The number of nitrogens with one attached hydrogen (secondary N) is 1. The van der Waals surface area contributed by atoms with Crippen LogP contribution in [0.25, 0.3) is 0 Å². The maximum Gasteiger partial charge on any atom is 0.233 e. The van der Waals surface area contributed by atoms with E-state index < -0.39 is 0 Å². The number of nitrogens with zero attached hydrogens (tertiary/aromatic N) is 2. The monoisotopic (exact) mass is 236 g/mol. The van der Waals surface area contributed by atoms with Crippen LogP contribution >= 0.6 is 0 Å². The maximum absolute atomic E-state index is 12.3. The lowest BCUT2D eigenvalue weighted by molar-refractivity contribution is -0.124. The number of hydrogen-bond acceptors (Lipinski definition) is 3. The van der Waals surface area contributed by atoms with Gasteiger partial charge < -0.3 is 11.1 Å². The van der Waals surface area contributed by atoms with Crippen LogP contribution in [0.4, 0.5) is 5.82 Å². The van der Waals surface area contributed by atoms with Crippen molar-refractivity contribution in [2.45, 2.75) is 39.2 Å². The zero-order valence-electron chi connectivity index (χ0n) is 10.3. The van der Waals surface area contributed by atoms with Crippen molar-refractivity contribution >= 4 is 11.7 Å². The van der Waals surface area contributed by atoms with Gasteiger partial charge in [0.2, 0.25) is 5.91 Å². The molecule has 17 heavy (non-hydrogen) atoms. The number of rotatable bonds is 4. The van der Waals surface area contributed by atoms with Crippen molar-refractivity contribution < 1.29 is 4.79 Å². The van der Waals surface area contributed by atoms with Gasteiger partial charge in [-0.05, 0) is 19.8 Å². The van der Waals surface area contributed by atoms with Gasteiger partial charge in [-0.15, -0.1) is 0 Å². The molecular formula is C12H20N4O. The van der Waals surface area contributed by atoms with E-state index in [1.807, 2.05) is 13.0 Å². The summed E-state index contributed by atoms with van der Waals surface area (Å²) in [6, 6.07) is 1.82. The Hall–Kier alpha value is -1.36. The number of carbonyl (C=O) groups excluding carboxylic acids is 1. The molecular weight excluding hydrogens is 216 g/mol. The van der Waals surface area contributed by atoms with Gasteiger partial charge in [-0.25, -0.2) is 4.68 Å². The normalized spacial score (nSPS) is 18.2. The largest absolute Gasteiger partial charge is 0.329 e. The highest BCUT2D eigenvalue weighted by atomic mass is 16.2. The van der Waals surface area contributed by atoms with Crippen LogP contribution in [-0.2, 0) is 11.3 Å². The Morgan fingerprint density at radius 3 is 2.88 bits per heavy atom. The van der Waals surface area contributed by atoms with Gasteiger partial charge in [-0.1, -0.05) is 12.8 Å². The summed E-state index contributed by atoms with van der Waals surface area (Å²) in [5.41, 5.74) is 5.43. The second kappa shape index (κ2) is 4.87. The zero-order chi connectivity index (χ0) is 12.3. The number of aryl methyl sites for hydroxylation is 1. The molecule has 1 aromatic heterocycles. The van der Waals surface area contributed by atoms with Gasteiger partial charge in [-0.2, -0.15) is 5.10 Å².